The molecule has 1 N–H and O–H groups in total. The number of carbonyl (C=O) groups excluding carboxylic acids is 1. The maximum atomic E-state index is 13.7. The normalized spacial score (nSPS) is 10.8. The molecule has 0 aliphatic heterocycles. The third-order valence-corrected chi connectivity index (χ3v) is 4.89. The SMILES string of the molecule is Cn1nc(-c2cccs2)cc1-c1cnc(NC(=O)c2c(F)cccc2F)cn1. The molecule has 0 aliphatic carbocycles. The van der Waals surface area contributed by atoms with Gasteiger partial charge in [0.2, 0.25) is 0 Å². The average Bonchev–Trinajstić information content (AvgIpc) is 3.32. The van der Waals surface area contributed by atoms with Crippen molar-refractivity contribution in [2.75, 3.05) is 5.32 Å². The molecule has 0 fully saturated rings. The van der Waals surface area contributed by atoms with Gasteiger partial charge in [-0.15, -0.1) is 11.3 Å². The van der Waals surface area contributed by atoms with Crippen molar-refractivity contribution >= 4 is 23.1 Å². The Morgan fingerprint density at radius 1 is 1.07 bits per heavy atom. The second-order valence-electron chi connectivity index (χ2n) is 5.85. The van der Waals surface area contributed by atoms with Gasteiger partial charge in [-0.25, -0.2) is 18.7 Å². The van der Waals surface area contributed by atoms with Gasteiger partial charge in [0.05, 0.1) is 23.0 Å². The monoisotopic (exact) mass is 397 g/mol. The summed E-state index contributed by atoms with van der Waals surface area (Å²) >= 11 is 1.58. The van der Waals surface area contributed by atoms with Gasteiger partial charge in [-0.3, -0.25) is 9.48 Å². The topological polar surface area (TPSA) is 72.7 Å². The largest absolute Gasteiger partial charge is 0.305 e. The van der Waals surface area contributed by atoms with Gasteiger partial charge in [-0.05, 0) is 29.6 Å². The molecule has 3 heterocycles. The maximum absolute atomic E-state index is 13.7. The first kappa shape index (κ1) is 17.9. The number of aryl methyl sites for hydroxylation is 1. The van der Waals surface area contributed by atoms with Crippen LogP contribution in [0.2, 0.25) is 0 Å². The summed E-state index contributed by atoms with van der Waals surface area (Å²) in [5.41, 5.74) is 1.45. The Morgan fingerprint density at radius 2 is 1.86 bits per heavy atom. The van der Waals surface area contributed by atoms with Crippen LogP contribution in [0.4, 0.5) is 14.6 Å². The van der Waals surface area contributed by atoms with E-state index in [2.05, 4.69) is 20.4 Å². The Bertz CT molecular complexity index is 1120. The highest BCUT2D eigenvalue weighted by molar-refractivity contribution is 7.13. The van der Waals surface area contributed by atoms with E-state index in [4.69, 9.17) is 0 Å². The standard InChI is InChI=1S/C19H13F2N5OS/c1-26-15(8-13(25-26)16-6-3-7-28-16)14-9-23-17(10-22-14)24-19(27)18-11(20)4-2-5-12(18)21/h2-10H,1H3,(H,23,24,27). The van der Waals surface area contributed by atoms with Crippen LogP contribution in [-0.4, -0.2) is 25.7 Å². The van der Waals surface area contributed by atoms with Gasteiger partial charge in [0.25, 0.3) is 5.91 Å². The van der Waals surface area contributed by atoms with E-state index in [0.29, 0.717) is 5.69 Å². The molecular weight excluding hydrogens is 384 g/mol. The van der Waals surface area contributed by atoms with Gasteiger partial charge >= 0.3 is 0 Å². The van der Waals surface area contributed by atoms with Crippen LogP contribution < -0.4 is 5.32 Å². The number of hydrogen-bond acceptors (Lipinski definition) is 5. The third kappa shape index (κ3) is 3.39. The van der Waals surface area contributed by atoms with Gasteiger partial charge in [0.1, 0.15) is 28.6 Å². The van der Waals surface area contributed by atoms with Crippen LogP contribution in [0.3, 0.4) is 0 Å². The molecule has 0 aliphatic rings. The van der Waals surface area contributed by atoms with Crippen LogP contribution >= 0.6 is 11.3 Å². The maximum Gasteiger partial charge on any atom is 0.262 e. The zero-order chi connectivity index (χ0) is 19.7. The smallest absolute Gasteiger partial charge is 0.262 e. The summed E-state index contributed by atoms with van der Waals surface area (Å²) in [6, 6.07) is 9.03. The number of amides is 1. The number of nitrogens with one attached hydrogen (secondary N) is 1. The van der Waals surface area contributed by atoms with Crippen LogP contribution in [0.5, 0.6) is 0 Å². The van der Waals surface area contributed by atoms with Crippen LogP contribution in [0.15, 0.2) is 54.2 Å². The van der Waals surface area contributed by atoms with Crippen molar-refractivity contribution in [2.45, 2.75) is 0 Å². The number of rotatable bonds is 4. The number of nitrogens with zero attached hydrogens (tertiary/aromatic N) is 4. The van der Waals surface area contributed by atoms with E-state index in [1.54, 1.807) is 23.1 Å². The van der Waals surface area contributed by atoms with Crippen molar-refractivity contribution in [2.24, 2.45) is 7.05 Å². The summed E-state index contributed by atoms with van der Waals surface area (Å²) in [4.78, 5) is 21.5. The lowest BCUT2D eigenvalue weighted by Gasteiger charge is -2.07. The van der Waals surface area contributed by atoms with Crippen molar-refractivity contribution in [3.05, 3.63) is 71.4 Å². The summed E-state index contributed by atoms with van der Waals surface area (Å²) in [5, 5.41) is 8.78. The summed E-state index contributed by atoms with van der Waals surface area (Å²) in [7, 11) is 1.80. The minimum atomic E-state index is -0.946. The lowest BCUT2D eigenvalue weighted by Crippen LogP contribution is -2.16. The van der Waals surface area contributed by atoms with E-state index in [1.807, 2.05) is 23.6 Å². The number of thiophene rings is 1. The summed E-state index contributed by atoms with van der Waals surface area (Å²) < 4.78 is 29.1. The quantitative estimate of drug-likeness (QED) is 0.562. The first-order valence-corrected chi connectivity index (χ1v) is 9.06. The number of aromatic nitrogens is 4. The van der Waals surface area contributed by atoms with Crippen molar-refractivity contribution in [1.82, 2.24) is 19.7 Å². The molecule has 9 heteroatoms. The average molecular weight is 397 g/mol. The lowest BCUT2D eigenvalue weighted by atomic mass is 10.2. The van der Waals surface area contributed by atoms with E-state index in [9.17, 15) is 13.6 Å². The molecule has 3 aromatic heterocycles. The number of halogens is 2. The Balaban J connectivity index is 1.56. The van der Waals surface area contributed by atoms with Crippen molar-refractivity contribution in [3.63, 3.8) is 0 Å². The van der Waals surface area contributed by atoms with Crippen LogP contribution in [0.25, 0.3) is 22.0 Å². The van der Waals surface area contributed by atoms with E-state index in [1.165, 1.54) is 18.5 Å². The number of carbonyl (C=O) groups is 1. The van der Waals surface area contributed by atoms with E-state index in [0.717, 1.165) is 28.4 Å². The molecule has 4 rings (SSSR count). The Morgan fingerprint density at radius 3 is 2.50 bits per heavy atom. The molecule has 4 aromatic rings. The first-order chi connectivity index (χ1) is 13.5. The Labute approximate surface area is 162 Å². The van der Waals surface area contributed by atoms with Crippen LogP contribution in [0, 0.1) is 11.6 Å². The van der Waals surface area contributed by atoms with Crippen molar-refractivity contribution in [3.8, 4) is 22.0 Å². The molecule has 0 spiro atoms. The molecule has 0 unspecified atom stereocenters. The Kier molecular flexibility index (Phi) is 4.66. The molecule has 1 amide bonds. The number of hydrogen-bond donors (Lipinski definition) is 1. The van der Waals surface area contributed by atoms with E-state index >= 15 is 0 Å². The van der Waals surface area contributed by atoms with Crippen molar-refractivity contribution in [1.29, 1.82) is 0 Å². The van der Waals surface area contributed by atoms with E-state index < -0.39 is 23.1 Å². The number of benzene rings is 1. The minimum absolute atomic E-state index is 0.0806. The highest BCUT2D eigenvalue weighted by Crippen LogP contribution is 2.27. The predicted octanol–water partition coefficient (Wildman–Crippen LogP) is 4.14. The second kappa shape index (κ2) is 7.28. The Hall–Kier alpha value is -3.46. The molecule has 0 radical (unpaired) electrons. The highest BCUT2D eigenvalue weighted by atomic mass is 32.1. The first-order valence-electron chi connectivity index (χ1n) is 8.18. The molecule has 0 atom stereocenters. The predicted molar refractivity (Wildman–Crippen MR) is 102 cm³/mol. The summed E-state index contributed by atoms with van der Waals surface area (Å²) in [6.45, 7) is 0. The van der Waals surface area contributed by atoms with Gasteiger partial charge in [0.15, 0.2) is 5.82 Å². The molecule has 0 saturated heterocycles. The summed E-state index contributed by atoms with van der Waals surface area (Å²) in [5.74, 6) is -2.74. The zero-order valence-electron chi connectivity index (χ0n) is 14.6. The lowest BCUT2D eigenvalue weighted by molar-refractivity contribution is 0.101. The van der Waals surface area contributed by atoms with Crippen LogP contribution in [-0.2, 0) is 7.05 Å². The van der Waals surface area contributed by atoms with Gasteiger partial charge in [-0.2, -0.15) is 5.10 Å². The molecule has 0 bridgehead atoms. The molecule has 140 valence electrons. The fraction of sp³-hybridized carbons (Fsp3) is 0.0526. The van der Waals surface area contributed by atoms with Gasteiger partial charge in [0, 0.05) is 7.05 Å². The van der Waals surface area contributed by atoms with Gasteiger partial charge in [-0.1, -0.05) is 12.1 Å². The summed E-state index contributed by atoms with van der Waals surface area (Å²) in [6.07, 6.45) is 2.78. The fourth-order valence-corrected chi connectivity index (χ4v) is 3.35. The molecule has 6 nitrogen and oxygen atoms in total. The van der Waals surface area contributed by atoms with Gasteiger partial charge < -0.3 is 5.32 Å². The molecule has 0 saturated carbocycles. The van der Waals surface area contributed by atoms with Crippen LogP contribution in [0.1, 0.15) is 10.4 Å². The molecule has 28 heavy (non-hydrogen) atoms. The third-order valence-electron chi connectivity index (χ3n) is 4.00. The minimum Gasteiger partial charge on any atom is -0.305 e. The zero-order valence-corrected chi connectivity index (χ0v) is 15.4. The fourth-order valence-electron chi connectivity index (χ4n) is 2.67. The number of anilines is 1. The molecular formula is C19H13F2N5OS. The second-order valence-corrected chi connectivity index (χ2v) is 6.80. The molecule has 1 aromatic carbocycles. The highest BCUT2D eigenvalue weighted by Gasteiger charge is 2.18. The van der Waals surface area contributed by atoms with Crippen molar-refractivity contribution < 1.29 is 13.6 Å². The van der Waals surface area contributed by atoms with E-state index in [-0.39, 0.29) is 5.82 Å².